The van der Waals surface area contributed by atoms with Crippen molar-refractivity contribution in [3.05, 3.63) is 23.8 Å². The van der Waals surface area contributed by atoms with E-state index in [1.54, 1.807) is 18.2 Å². The van der Waals surface area contributed by atoms with Crippen LogP contribution >= 0.6 is 0 Å². The second-order valence-corrected chi connectivity index (χ2v) is 5.06. The van der Waals surface area contributed by atoms with E-state index in [-0.39, 0.29) is 17.9 Å². The van der Waals surface area contributed by atoms with E-state index < -0.39 is 5.97 Å². The molecule has 0 heterocycles. The Morgan fingerprint density at radius 2 is 1.81 bits per heavy atom. The second-order valence-electron chi connectivity index (χ2n) is 5.06. The lowest BCUT2D eigenvalue weighted by Crippen LogP contribution is -2.33. The van der Waals surface area contributed by atoms with E-state index in [4.69, 9.17) is 14.6 Å². The van der Waals surface area contributed by atoms with Crippen LogP contribution in [0.4, 0.5) is 0 Å². The summed E-state index contributed by atoms with van der Waals surface area (Å²) in [4.78, 5) is 23.4. The first-order valence-corrected chi connectivity index (χ1v) is 6.81. The van der Waals surface area contributed by atoms with Crippen molar-refractivity contribution < 1.29 is 24.2 Å². The van der Waals surface area contributed by atoms with Crippen molar-refractivity contribution in [3.8, 4) is 11.5 Å². The lowest BCUT2D eigenvalue weighted by atomic mass is 10.1. The van der Waals surface area contributed by atoms with Crippen molar-refractivity contribution in [2.75, 3.05) is 14.2 Å². The van der Waals surface area contributed by atoms with Gasteiger partial charge in [0.15, 0.2) is 0 Å². The van der Waals surface area contributed by atoms with E-state index >= 15 is 0 Å². The number of aliphatic carboxylic acids is 1. The largest absolute Gasteiger partial charge is 0.496 e. The molecular weight excluding hydrogens is 274 g/mol. The van der Waals surface area contributed by atoms with E-state index in [2.05, 4.69) is 5.32 Å². The summed E-state index contributed by atoms with van der Waals surface area (Å²) in [6, 6.07) is 4.98. The lowest BCUT2D eigenvalue weighted by Gasteiger charge is -2.16. The van der Waals surface area contributed by atoms with Gasteiger partial charge in [0.05, 0.1) is 20.1 Å². The minimum atomic E-state index is -0.804. The SMILES string of the molecule is COc1cccc(OC)c1C(=O)NC1CCC(C(=O)O)C1. The van der Waals surface area contributed by atoms with E-state index in [9.17, 15) is 9.59 Å². The van der Waals surface area contributed by atoms with E-state index in [0.717, 1.165) is 0 Å². The monoisotopic (exact) mass is 293 g/mol. The first-order chi connectivity index (χ1) is 10.1. The van der Waals surface area contributed by atoms with E-state index in [0.29, 0.717) is 36.3 Å². The van der Waals surface area contributed by atoms with Gasteiger partial charge in [-0.1, -0.05) is 6.07 Å². The van der Waals surface area contributed by atoms with Gasteiger partial charge in [0.1, 0.15) is 17.1 Å². The smallest absolute Gasteiger partial charge is 0.306 e. The zero-order valence-corrected chi connectivity index (χ0v) is 12.1. The molecule has 114 valence electrons. The van der Waals surface area contributed by atoms with Crippen LogP contribution in [0.5, 0.6) is 11.5 Å². The van der Waals surface area contributed by atoms with Gasteiger partial charge >= 0.3 is 5.97 Å². The molecule has 1 saturated carbocycles. The summed E-state index contributed by atoms with van der Waals surface area (Å²) in [5, 5.41) is 11.9. The van der Waals surface area contributed by atoms with Gasteiger partial charge in [0.25, 0.3) is 5.91 Å². The van der Waals surface area contributed by atoms with Crippen LogP contribution in [-0.4, -0.2) is 37.2 Å². The molecule has 6 nitrogen and oxygen atoms in total. The summed E-state index contributed by atoms with van der Waals surface area (Å²) in [6.45, 7) is 0. The van der Waals surface area contributed by atoms with Gasteiger partial charge in [0.2, 0.25) is 0 Å². The number of benzene rings is 1. The van der Waals surface area contributed by atoms with Gasteiger partial charge in [-0.05, 0) is 31.4 Å². The van der Waals surface area contributed by atoms with Crippen molar-refractivity contribution in [3.63, 3.8) is 0 Å². The highest BCUT2D eigenvalue weighted by Gasteiger charge is 2.31. The molecule has 1 aliphatic carbocycles. The molecule has 0 radical (unpaired) electrons. The summed E-state index contributed by atoms with van der Waals surface area (Å²) < 4.78 is 10.4. The minimum absolute atomic E-state index is 0.131. The number of carboxylic acids is 1. The predicted molar refractivity (Wildman–Crippen MR) is 75.8 cm³/mol. The van der Waals surface area contributed by atoms with Crippen molar-refractivity contribution in [1.82, 2.24) is 5.32 Å². The van der Waals surface area contributed by atoms with Crippen LogP contribution in [0.25, 0.3) is 0 Å². The Morgan fingerprint density at radius 3 is 2.29 bits per heavy atom. The average molecular weight is 293 g/mol. The average Bonchev–Trinajstić information content (AvgIpc) is 2.94. The number of hydrogen-bond acceptors (Lipinski definition) is 4. The number of ether oxygens (including phenoxy) is 2. The highest BCUT2D eigenvalue weighted by Crippen LogP contribution is 2.30. The fourth-order valence-corrected chi connectivity index (χ4v) is 2.67. The summed E-state index contributed by atoms with van der Waals surface area (Å²) in [5.74, 6) is -0.629. The number of hydrogen-bond donors (Lipinski definition) is 2. The molecule has 0 aliphatic heterocycles. The number of amides is 1. The Morgan fingerprint density at radius 1 is 1.19 bits per heavy atom. The fraction of sp³-hybridized carbons (Fsp3) is 0.467. The third kappa shape index (κ3) is 3.26. The normalized spacial score (nSPS) is 20.9. The minimum Gasteiger partial charge on any atom is -0.496 e. The molecular formula is C15H19NO5. The van der Waals surface area contributed by atoms with Gasteiger partial charge in [-0.15, -0.1) is 0 Å². The van der Waals surface area contributed by atoms with Gasteiger partial charge in [-0.3, -0.25) is 9.59 Å². The van der Waals surface area contributed by atoms with Crippen LogP contribution in [0.15, 0.2) is 18.2 Å². The fourth-order valence-electron chi connectivity index (χ4n) is 2.67. The molecule has 1 aromatic carbocycles. The van der Waals surface area contributed by atoms with E-state index in [1.807, 2.05) is 0 Å². The van der Waals surface area contributed by atoms with Crippen LogP contribution in [0.3, 0.4) is 0 Å². The number of carboxylic acid groups (broad SMARTS) is 1. The number of methoxy groups -OCH3 is 2. The molecule has 1 aromatic rings. The molecule has 2 unspecified atom stereocenters. The van der Waals surface area contributed by atoms with Crippen LogP contribution < -0.4 is 14.8 Å². The third-order valence-corrected chi connectivity index (χ3v) is 3.77. The van der Waals surface area contributed by atoms with Crippen LogP contribution in [-0.2, 0) is 4.79 Å². The van der Waals surface area contributed by atoms with Gasteiger partial charge in [-0.25, -0.2) is 0 Å². The Labute approximate surface area is 123 Å². The first kappa shape index (κ1) is 15.2. The summed E-state index contributed by atoms with van der Waals surface area (Å²) in [6.07, 6.45) is 1.71. The summed E-state index contributed by atoms with van der Waals surface area (Å²) in [7, 11) is 2.98. The first-order valence-electron chi connectivity index (χ1n) is 6.81. The molecule has 0 bridgehead atoms. The van der Waals surface area contributed by atoms with Crippen molar-refractivity contribution in [2.24, 2.45) is 5.92 Å². The molecule has 0 aromatic heterocycles. The maximum absolute atomic E-state index is 12.4. The molecule has 21 heavy (non-hydrogen) atoms. The maximum Gasteiger partial charge on any atom is 0.306 e. The van der Waals surface area contributed by atoms with Crippen LogP contribution in [0.1, 0.15) is 29.6 Å². The second kappa shape index (κ2) is 6.47. The zero-order valence-electron chi connectivity index (χ0n) is 12.1. The molecule has 6 heteroatoms. The molecule has 1 amide bonds. The highest BCUT2D eigenvalue weighted by atomic mass is 16.5. The number of nitrogens with one attached hydrogen (secondary N) is 1. The zero-order chi connectivity index (χ0) is 15.4. The molecule has 2 rings (SSSR count). The Kier molecular flexibility index (Phi) is 4.67. The van der Waals surface area contributed by atoms with Crippen LogP contribution in [0.2, 0.25) is 0 Å². The number of carbonyl (C=O) groups excluding carboxylic acids is 1. The van der Waals surface area contributed by atoms with Crippen molar-refractivity contribution in [2.45, 2.75) is 25.3 Å². The molecule has 0 spiro atoms. The topological polar surface area (TPSA) is 84.9 Å². The summed E-state index contributed by atoms with van der Waals surface area (Å²) in [5.41, 5.74) is 0.335. The Bertz CT molecular complexity index is 521. The number of carbonyl (C=O) groups is 2. The Balaban J connectivity index is 2.12. The van der Waals surface area contributed by atoms with Crippen LogP contribution in [0, 0.1) is 5.92 Å². The molecule has 0 saturated heterocycles. The molecule has 1 fully saturated rings. The van der Waals surface area contributed by atoms with Gasteiger partial charge in [0, 0.05) is 6.04 Å². The van der Waals surface area contributed by atoms with Crippen molar-refractivity contribution in [1.29, 1.82) is 0 Å². The number of rotatable bonds is 5. The molecule has 1 aliphatic rings. The van der Waals surface area contributed by atoms with Gasteiger partial charge in [-0.2, -0.15) is 0 Å². The summed E-state index contributed by atoms with van der Waals surface area (Å²) >= 11 is 0. The highest BCUT2D eigenvalue weighted by molar-refractivity contribution is 6.00. The van der Waals surface area contributed by atoms with Gasteiger partial charge < -0.3 is 19.9 Å². The third-order valence-electron chi connectivity index (χ3n) is 3.77. The standard InChI is InChI=1S/C15H19NO5/c1-20-11-4-3-5-12(21-2)13(11)14(17)16-10-7-6-9(8-10)15(18)19/h3-5,9-10H,6-8H2,1-2H3,(H,16,17)(H,18,19). The molecule has 2 atom stereocenters. The quantitative estimate of drug-likeness (QED) is 0.863. The predicted octanol–water partition coefficient (Wildman–Crippen LogP) is 1.69. The molecule has 2 N–H and O–H groups in total. The lowest BCUT2D eigenvalue weighted by molar-refractivity contribution is -0.141. The van der Waals surface area contributed by atoms with E-state index in [1.165, 1.54) is 14.2 Å². The Hall–Kier alpha value is -2.24. The van der Waals surface area contributed by atoms with Crippen molar-refractivity contribution >= 4 is 11.9 Å². The maximum atomic E-state index is 12.4.